The van der Waals surface area contributed by atoms with Gasteiger partial charge in [0.1, 0.15) is 0 Å². The summed E-state index contributed by atoms with van der Waals surface area (Å²) in [6, 6.07) is 14.0. The van der Waals surface area contributed by atoms with Crippen molar-refractivity contribution in [1.29, 1.82) is 0 Å². The van der Waals surface area contributed by atoms with Crippen LogP contribution in [0.15, 0.2) is 48.5 Å². The van der Waals surface area contributed by atoms with E-state index in [9.17, 15) is 14.4 Å². The average Bonchev–Trinajstić information content (AvgIpc) is 2.67. The number of carbonyl (C=O) groups is 3. The number of anilines is 3. The maximum absolute atomic E-state index is 12.1. The molecule has 0 atom stereocenters. The highest BCUT2D eigenvalue weighted by Crippen LogP contribution is 2.15. The zero-order valence-corrected chi connectivity index (χ0v) is 16.4. The van der Waals surface area contributed by atoms with Crippen molar-refractivity contribution in [2.45, 2.75) is 19.8 Å². The standard InChI is InChI=1S/C21H26N4O3/c1-4-6-19(26)23-16-9-11-17(12-10-16)24-20(27)14-22-18-8-5-7-15(13-18)21(28)25(2)3/h5,7-13,22H,4,6,14H2,1-3H3,(H,23,26)(H,24,27). The average molecular weight is 382 g/mol. The molecule has 0 spiro atoms. The first-order valence-corrected chi connectivity index (χ1v) is 9.14. The van der Waals surface area contributed by atoms with E-state index in [0.717, 1.165) is 6.42 Å². The summed E-state index contributed by atoms with van der Waals surface area (Å²) < 4.78 is 0. The summed E-state index contributed by atoms with van der Waals surface area (Å²) in [6.45, 7) is 2.01. The SMILES string of the molecule is CCCC(=O)Nc1ccc(NC(=O)CNc2cccc(C(=O)N(C)C)c2)cc1. The van der Waals surface area contributed by atoms with Crippen molar-refractivity contribution in [3.63, 3.8) is 0 Å². The number of rotatable bonds is 8. The van der Waals surface area contributed by atoms with Crippen molar-refractivity contribution in [1.82, 2.24) is 4.90 Å². The molecule has 0 aliphatic heterocycles. The van der Waals surface area contributed by atoms with Gasteiger partial charge in [0.25, 0.3) is 5.91 Å². The molecular weight excluding hydrogens is 356 g/mol. The minimum Gasteiger partial charge on any atom is -0.376 e. The Balaban J connectivity index is 1.86. The van der Waals surface area contributed by atoms with Crippen LogP contribution in [0, 0.1) is 0 Å². The number of benzene rings is 2. The molecule has 0 saturated heterocycles. The van der Waals surface area contributed by atoms with Crippen LogP contribution >= 0.6 is 0 Å². The van der Waals surface area contributed by atoms with Crippen LogP contribution in [0.2, 0.25) is 0 Å². The Hall–Kier alpha value is -3.35. The van der Waals surface area contributed by atoms with Crippen LogP contribution < -0.4 is 16.0 Å². The number of amides is 3. The Labute approximate surface area is 165 Å². The van der Waals surface area contributed by atoms with E-state index in [1.165, 1.54) is 4.90 Å². The summed E-state index contributed by atoms with van der Waals surface area (Å²) in [4.78, 5) is 37.2. The molecule has 7 nitrogen and oxygen atoms in total. The first kappa shape index (κ1) is 21.0. The van der Waals surface area contributed by atoms with Gasteiger partial charge in [0.15, 0.2) is 0 Å². The van der Waals surface area contributed by atoms with E-state index in [0.29, 0.717) is 29.0 Å². The quantitative estimate of drug-likeness (QED) is 0.654. The van der Waals surface area contributed by atoms with Gasteiger partial charge >= 0.3 is 0 Å². The lowest BCUT2D eigenvalue weighted by Crippen LogP contribution is -2.23. The number of hydrogen-bond donors (Lipinski definition) is 3. The third kappa shape index (κ3) is 6.42. The molecule has 0 unspecified atom stereocenters. The molecule has 2 aromatic carbocycles. The molecular formula is C21H26N4O3. The number of carbonyl (C=O) groups excluding carboxylic acids is 3. The van der Waals surface area contributed by atoms with Crippen LogP contribution in [-0.4, -0.2) is 43.3 Å². The molecule has 0 fully saturated rings. The number of nitrogens with zero attached hydrogens (tertiary/aromatic N) is 1. The lowest BCUT2D eigenvalue weighted by Gasteiger charge is -2.12. The summed E-state index contributed by atoms with van der Waals surface area (Å²) in [5.74, 6) is -0.343. The van der Waals surface area contributed by atoms with Gasteiger partial charge in [-0.15, -0.1) is 0 Å². The van der Waals surface area contributed by atoms with E-state index >= 15 is 0 Å². The van der Waals surface area contributed by atoms with Gasteiger partial charge in [-0.1, -0.05) is 13.0 Å². The fourth-order valence-corrected chi connectivity index (χ4v) is 2.50. The molecule has 0 bridgehead atoms. The molecule has 0 aromatic heterocycles. The molecule has 28 heavy (non-hydrogen) atoms. The normalized spacial score (nSPS) is 10.1. The van der Waals surface area contributed by atoms with Gasteiger partial charge in [-0.3, -0.25) is 14.4 Å². The Morgan fingerprint density at radius 1 is 0.857 bits per heavy atom. The Kier molecular flexibility index (Phi) is 7.56. The highest BCUT2D eigenvalue weighted by atomic mass is 16.2. The zero-order valence-electron chi connectivity index (χ0n) is 16.4. The molecule has 0 aliphatic carbocycles. The number of nitrogens with one attached hydrogen (secondary N) is 3. The molecule has 2 rings (SSSR count). The lowest BCUT2D eigenvalue weighted by atomic mass is 10.2. The van der Waals surface area contributed by atoms with Crippen LogP contribution in [-0.2, 0) is 9.59 Å². The zero-order chi connectivity index (χ0) is 20.5. The van der Waals surface area contributed by atoms with E-state index in [4.69, 9.17) is 0 Å². The monoisotopic (exact) mass is 382 g/mol. The van der Waals surface area contributed by atoms with Gasteiger partial charge in [-0.25, -0.2) is 0 Å². The van der Waals surface area contributed by atoms with Crippen LogP contribution in [0.25, 0.3) is 0 Å². The summed E-state index contributed by atoms with van der Waals surface area (Å²) in [5.41, 5.74) is 2.57. The highest BCUT2D eigenvalue weighted by Gasteiger charge is 2.09. The largest absolute Gasteiger partial charge is 0.376 e. The van der Waals surface area contributed by atoms with Crippen molar-refractivity contribution in [3.05, 3.63) is 54.1 Å². The molecule has 2 aromatic rings. The third-order valence-corrected chi connectivity index (χ3v) is 3.90. The fraction of sp³-hybridized carbons (Fsp3) is 0.286. The van der Waals surface area contributed by atoms with Crippen molar-refractivity contribution in [2.24, 2.45) is 0 Å². The maximum atomic E-state index is 12.1. The molecule has 7 heteroatoms. The summed E-state index contributed by atoms with van der Waals surface area (Å²) >= 11 is 0. The smallest absolute Gasteiger partial charge is 0.253 e. The van der Waals surface area contributed by atoms with Gasteiger partial charge in [0, 0.05) is 43.1 Å². The van der Waals surface area contributed by atoms with Crippen LogP contribution in [0.3, 0.4) is 0 Å². The van der Waals surface area contributed by atoms with Crippen molar-refractivity contribution in [3.8, 4) is 0 Å². The minimum atomic E-state index is -0.216. The van der Waals surface area contributed by atoms with E-state index in [1.807, 2.05) is 6.92 Å². The van der Waals surface area contributed by atoms with Crippen molar-refractivity contribution < 1.29 is 14.4 Å². The van der Waals surface area contributed by atoms with Gasteiger partial charge in [-0.2, -0.15) is 0 Å². The van der Waals surface area contributed by atoms with Gasteiger partial charge in [0.05, 0.1) is 6.54 Å². The molecule has 0 aliphatic rings. The molecule has 148 valence electrons. The highest BCUT2D eigenvalue weighted by molar-refractivity contribution is 5.96. The topological polar surface area (TPSA) is 90.5 Å². The summed E-state index contributed by atoms with van der Waals surface area (Å²) in [7, 11) is 3.38. The summed E-state index contributed by atoms with van der Waals surface area (Å²) in [5, 5.41) is 8.59. The lowest BCUT2D eigenvalue weighted by molar-refractivity contribution is -0.116. The second-order valence-electron chi connectivity index (χ2n) is 6.56. The Morgan fingerprint density at radius 2 is 1.46 bits per heavy atom. The third-order valence-electron chi connectivity index (χ3n) is 3.90. The van der Waals surface area contributed by atoms with Crippen LogP contribution in [0.1, 0.15) is 30.1 Å². The summed E-state index contributed by atoms with van der Waals surface area (Å²) in [6.07, 6.45) is 1.27. The second-order valence-corrected chi connectivity index (χ2v) is 6.56. The minimum absolute atomic E-state index is 0.0292. The molecule has 0 saturated carbocycles. The van der Waals surface area contributed by atoms with Gasteiger partial charge in [0.2, 0.25) is 11.8 Å². The van der Waals surface area contributed by atoms with E-state index in [-0.39, 0.29) is 24.3 Å². The predicted octanol–water partition coefficient (Wildman–Crippen LogP) is 3.18. The van der Waals surface area contributed by atoms with Crippen molar-refractivity contribution in [2.75, 3.05) is 36.6 Å². The predicted molar refractivity (Wildman–Crippen MR) is 112 cm³/mol. The molecule has 3 N–H and O–H groups in total. The van der Waals surface area contributed by atoms with Crippen LogP contribution in [0.5, 0.6) is 0 Å². The fourth-order valence-electron chi connectivity index (χ4n) is 2.50. The van der Waals surface area contributed by atoms with E-state index in [1.54, 1.807) is 62.6 Å². The maximum Gasteiger partial charge on any atom is 0.253 e. The molecule has 3 amide bonds. The first-order valence-electron chi connectivity index (χ1n) is 9.14. The second kappa shape index (κ2) is 10.1. The number of hydrogen-bond acceptors (Lipinski definition) is 4. The van der Waals surface area contributed by atoms with Gasteiger partial charge < -0.3 is 20.9 Å². The van der Waals surface area contributed by atoms with Gasteiger partial charge in [-0.05, 0) is 48.9 Å². The Bertz CT molecular complexity index is 832. The van der Waals surface area contributed by atoms with Crippen LogP contribution in [0.4, 0.5) is 17.1 Å². The Morgan fingerprint density at radius 3 is 2.04 bits per heavy atom. The molecule has 0 radical (unpaired) electrons. The molecule has 0 heterocycles. The van der Waals surface area contributed by atoms with E-state index < -0.39 is 0 Å². The van der Waals surface area contributed by atoms with E-state index in [2.05, 4.69) is 16.0 Å². The van der Waals surface area contributed by atoms with Crippen molar-refractivity contribution >= 4 is 34.8 Å². The first-order chi connectivity index (χ1) is 13.4.